The number of likely N-dealkylation sites (N-methyl/N-ethyl adjacent to an activating group) is 1. The van der Waals surface area contributed by atoms with Crippen molar-refractivity contribution in [3.05, 3.63) is 59.9 Å². The average Bonchev–Trinajstić information content (AvgIpc) is 2.57. The molecule has 0 aliphatic heterocycles. The van der Waals surface area contributed by atoms with E-state index in [1.165, 1.54) is 6.07 Å². The number of methoxy groups -OCH3 is 1. The van der Waals surface area contributed by atoms with Gasteiger partial charge in [0.15, 0.2) is 5.11 Å². The van der Waals surface area contributed by atoms with Gasteiger partial charge in [-0.15, -0.1) is 0 Å². The summed E-state index contributed by atoms with van der Waals surface area (Å²) in [5, 5.41) is 6.42. The number of hydrogen-bond acceptors (Lipinski definition) is 3. The summed E-state index contributed by atoms with van der Waals surface area (Å²) in [5.41, 5.74) is 1.50. The number of hydrogen-bond donors (Lipinski definition) is 2. The fourth-order valence-corrected chi connectivity index (χ4v) is 2.54. The molecule has 6 heteroatoms. The third-order valence-corrected chi connectivity index (χ3v) is 3.95. The molecule has 0 amide bonds. The molecule has 0 bridgehead atoms. The molecule has 0 aromatic heterocycles. The second-order valence-electron chi connectivity index (χ2n) is 5.57. The maximum atomic E-state index is 13.6. The van der Waals surface area contributed by atoms with Crippen LogP contribution in [-0.4, -0.2) is 37.8 Å². The highest BCUT2D eigenvalue weighted by molar-refractivity contribution is 7.80. The minimum atomic E-state index is -0.332. The summed E-state index contributed by atoms with van der Waals surface area (Å²) < 4.78 is 18.8. The molecule has 128 valence electrons. The van der Waals surface area contributed by atoms with E-state index in [1.54, 1.807) is 25.3 Å². The Hall–Kier alpha value is -2.18. The van der Waals surface area contributed by atoms with E-state index in [0.29, 0.717) is 17.3 Å². The predicted molar refractivity (Wildman–Crippen MR) is 100 cm³/mol. The first-order valence-electron chi connectivity index (χ1n) is 7.61. The zero-order valence-electron chi connectivity index (χ0n) is 14.0. The zero-order valence-corrected chi connectivity index (χ0v) is 14.9. The van der Waals surface area contributed by atoms with Crippen LogP contribution in [0.4, 0.5) is 10.1 Å². The lowest BCUT2D eigenvalue weighted by atomic mass is 10.1. The summed E-state index contributed by atoms with van der Waals surface area (Å²) in [6.07, 6.45) is 0. The lowest BCUT2D eigenvalue weighted by Crippen LogP contribution is -2.36. The van der Waals surface area contributed by atoms with E-state index in [1.807, 2.05) is 38.4 Å². The van der Waals surface area contributed by atoms with Crippen molar-refractivity contribution in [1.29, 1.82) is 0 Å². The molecule has 0 unspecified atom stereocenters. The summed E-state index contributed by atoms with van der Waals surface area (Å²) in [6, 6.07) is 14.5. The van der Waals surface area contributed by atoms with Crippen molar-refractivity contribution in [2.75, 3.05) is 33.1 Å². The van der Waals surface area contributed by atoms with Gasteiger partial charge in [-0.05, 0) is 56.1 Å². The van der Waals surface area contributed by atoms with Gasteiger partial charge in [-0.1, -0.05) is 24.3 Å². The van der Waals surface area contributed by atoms with Crippen molar-refractivity contribution in [2.45, 2.75) is 6.04 Å². The van der Waals surface area contributed by atoms with Crippen molar-refractivity contribution in [1.82, 2.24) is 10.2 Å². The van der Waals surface area contributed by atoms with Crippen LogP contribution < -0.4 is 15.4 Å². The lowest BCUT2D eigenvalue weighted by molar-refractivity contribution is 0.299. The molecule has 0 aliphatic rings. The van der Waals surface area contributed by atoms with Gasteiger partial charge in [0.25, 0.3) is 0 Å². The Bertz CT molecular complexity index is 676. The van der Waals surface area contributed by atoms with Gasteiger partial charge in [-0.3, -0.25) is 0 Å². The van der Waals surface area contributed by atoms with Crippen LogP contribution in [0.2, 0.25) is 0 Å². The van der Waals surface area contributed by atoms with Crippen LogP contribution in [0.25, 0.3) is 0 Å². The highest BCUT2D eigenvalue weighted by Crippen LogP contribution is 2.21. The first-order valence-corrected chi connectivity index (χ1v) is 8.02. The van der Waals surface area contributed by atoms with E-state index < -0.39 is 0 Å². The summed E-state index contributed by atoms with van der Waals surface area (Å²) in [5.74, 6) is 0.488. The minimum Gasteiger partial charge on any atom is -0.497 e. The number of ether oxygens (including phenoxy) is 1. The highest BCUT2D eigenvalue weighted by Gasteiger charge is 2.15. The van der Waals surface area contributed by atoms with Crippen molar-refractivity contribution in [2.24, 2.45) is 0 Å². The molecule has 1 atom stereocenters. The number of para-hydroxylation sites is 1. The molecule has 2 aromatic rings. The Kier molecular flexibility index (Phi) is 6.52. The molecular weight excluding hydrogens is 325 g/mol. The largest absolute Gasteiger partial charge is 0.497 e. The highest BCUT2D eigenvalue weighted by atomic mass is 32.1. The molecule has 2 N–H and O–H groups in total. The molecule has 24 heavy (non-hydrogen) atoms. The zero-order chi connectivity index (χ0) is 17.5. The van der Waals surface area contributed by atoms with Crippen LogP contribution in [0.1, 0.15) is 11.6 Å². The van der Waals surface area contributed by atoms with Crippen LogP contribution in [0, 0.1) is 5.82 Å². The van der Waals surface area contributed by atoms with Gasteiger partial charge in [-0.2, -0.15) is 0 Å². The van der Waals surface area contributed by atoms with Crippen molar-refractivity contribution >= 4 is 23.0 Å². The van der Waals surface area contributed by atoms with Crippen LogP contribution in [0.5, 0.6) is 5.75 Å². The van der Waals surface area contributed by atoms with Crippen molar-refractivity contribution in [3.63, 3.8) is 0 Å². The Morgan fingerprint density at radius 2 is 1.83 bits per heavy atom. The van der Waals surface area contributed by atoms with Crippen molar-refractivity contribution < 1.29 is 9.13 Å². The van der Waals surface area contributed by atoms with E-state index in [0.717, 1.165) is 11.3 Å². The third-order valence-electron chi connectivity index (χ3n) is 3.70. The molecule has 2 aromatic carbocycles. The van der Waals surface area contributed by atoms with Gasteiger partial charge in [0.1, 0.15) is 11.6 Å². The summed E-state index contributed by atoms with van der Waals surface area (Å²) >= 11 is 5.26. The monoisotopic (exact) mass is 347 g/mol. The number of nitrogens with zero attached hydrogens (tertiary/aromatic N) is 1. The molecule has 0 saturated heterocycles. The third kappa shape index (κ3) is 4.91. The predicted octanol–water partition coefficient (Wildman–Crippen LogP) is 3.42. The molecule has 0 aliphatic carbocycles. The van der Waals surface area contributed by atoms with E-state index in [-0.39, 0.29) is 11.9 Å². The van der Waals surface area contributed by atoms with Crippen LogP contribution in [0.15, 0.2) is 48.5 Å². The van der Waals surface area contributed by atoms with Gasteiger partial charge in [0, 0.05) is 6.54 Å². The molecule has 4 nitrogen and oxygen atoms in total. The normalized spacial score (nSPS) is 11.9. The molecule has 0 spiro atoms. The smallest absolute Gasteiger partial charge is 0.170 e. The van der Waals surface area contributed by atoms with Crippen molar-refractivity contribution in [3.8, 4) is 5.75 Å². The van der Waals surface area contributed by atoms with Gasteiger partial charge in [0.05, 0.1) is 18.8 Å². The van der Waals surface area contributed by atoms with E-state index >= 15 is 0 Å². The SMILES string of the molecule is COc1ccc([C@@H](CNC(=S)Nc2ccccc2F)N(C)C)cc1. The fraction of sp³-hybridized carbons (Fsp3) is 0.278. The maximum Gasteiger partial charge on any atom is 0.170 e. The van der Waals surface area contributed by atoms with E-state index in [4.69, 9.17) is 17.0 Å². The number of halogens is 1. The topological polar surface area (TPSA) is 36.5 Å². The second kappa shape index (κ2) is 8.61. The summed E-state index contributed by atoms with van der Waals surface area (Å²) in [4.78, 5) is 2.10. The molecule has 0 saturated carbocycles. The van der Waals surface area contributed by atoms with Gasteiger partial charge < -0.3 is 20.3 Å². The minimum absolute atomic E-state index is 0.122. The van der Waals surface area contributed by atoms with E-state index in [2.05, 4.69) is 15.5 Å². The number of benzene rings is 2. The van der Waals surface area contributed by atoms with Gasteiger partial charge >= 0.3 is 0 Å². The number of nitrogens with one attached hydrogen (secondary N) is 2. The maximum absolute atomic E-state index is 13.6. The fourth-order valence-electron chi connectivity index (χ4n) is 2.34. The van der Waals surface area contributed by atoms with Gasteiger partial charge in [0.2, 0.25) is 0 Å². The lowest BCUT2D eigenvalue weighted by Gasteiger charge is -2.26. The molecular formula is C18H22FN3OS. The second-order valence-corrected chi connectivity index (χ2v) is 5.98. The number of anilines is 1. The Labute approximate surface area is 147 Å². The number of rotatable bonds is 6. The van der Waals surface area contributed by atoms with E-state index in [9.17, 15) is 4.39 Å². The first kappa shape index (κ1) is 18.2. The molecule has 0 fully saturated rings. The Balaban J connectivity index is 1.98. The standard InChI is InChI=1S/C18H22FN3OS/c1-22(2)17(13-8-10-14(23-3)11-9-13)12-20-18(24)21-16-7-5-4-6-15(16)19/h4-11,17H,12H2,1-3H3,(H2,20,21,24)/t17-/m1/s1. The Morgan fingerprint density at radius 3 is 2.42 bits per heavy atom. The summed E-state index contributed by atoms with van der Waals surface area (Å²) in [7, 11) is 5.65. The molecule has 0 radical (unpaired) electrons. The Morgan fingerprint density at radius 1 is 1.17 bits per heavy atom. The first-order chi connectivity index (χ1) is 11.5. The summed E-state index contributed by atoms with van der Waals surface area (Å²) in [6.45, 7) is 0.597. The van der Waals surface area contributed by atoms with Crippen LogP contribution in [0.3, 0.4) is 0 Å². The quantitative estimate of drug-likeness (QED) is 0.783. The van der Waals surface area contributed by atoms with Crippen LogP contribution in [-0.2, 0) is 0 Å². The van der Waals surface area contributed by atoms with Gasteiger partial charge in [-0.25, -0.2) is 4.39 Å². The molecule has 0 heterocycles. The van der Waals surface area contributed by atoms with Crippen LogP contribution >= 0.6 is 12.2 Å². The average molecular weight is 347 g/mol. The number of thiocarbonyl (C=S) groups is 1. The molecule has 2 rings (SSSR count).